The maximum absolute atomic E-state index is 11.9. The minimum atomic E-state index is -0.803. The quantitative estimate of drug-likeness (QED) is 0.777. The Morgan fingerprint density at radius 2 is 2.00 bits per heavy atom. The van der Waals surface area contributed by atoms with Gasteiger partial charge >= 0.3 is 12.0 Å². The molecule has 3 atom stereocenters. The normalized spacial score (nSPS) is 30.1. The molecule has 1 saturated carbocycles. The van der Waals surface area contributed by atoms with E-state index in [0.29, 0.717) is 19.0 Å². The van der Waals surface area contributed by atoms with Crippen molar-refractivity contribution in [2.24, 2.45) is 17.8 Å². The Labute approximate surface area is 101 Å². The van der Waals surface area contributed by atoms with E-state index in [-0.39, 0.29) is 18.0 Å². The molecule has 0 spiro atoms. The minimum absolute atomic E-state index is 0.0366. The first-order valence-electron chi connectivity index (χ1n) is 6.27. The summed E-state index contributed by atoms with van der Waals surface area (Å²) in [4.78, 5) is 24.5. The molecular formula is C12H20N2O3. The molecule has 2 N–H and O–H groups in total. The molecule has 3 unspecified atom stereocenters. The molecule has 0 radical (unpaired) electrons. The maximum atomic E-state index is 11.9. The first-order chi connectivity index (χ1) is 7.99. The Kier molecular flexibility index (Phi) is 3.26. The van der Waals surface area contributed by atoms with E-state index in [0.717, 1.165) is 0 Å². The van der Waals surface area contributed by atoms with Crippen molar-refractivity contribution in [2.45, 2.75) is 32.7 Å². The molecule has 2 amide bonds. The van der Waals surface area contributed by atoms with Crippen molar-refractivity contribution in [3.05, 3.63) is 0 Å². The van der Waals surface area contributed by atoms with Crippen LogP contribution in [0.5, 0.6) is 0 Å². The zero-order valence-electron chi connectivity index (χ0n) is 10.3. The van der Waals surface area contributed by atoms with Crippen LogP contribution in [0.25, 0.3) is 0 Å². The van der Waals surface area contributed by atoms with Crippen LogP contribution in [0, 0.1) is 17.8 Å². The van der Waals surface area contributed by atoms with Crippen LogP contribution in [0.4, 0.5) is 4.79 Å². The van der Waals surface area contributed by atoms with Gasteiger partial charge in [-0.3, -0.25) is 4.79 Å². The van der Waals surface area contributed by atoms with Crippen LogP contribution in [0.1, 0.15) is 26.7 Å². The third-order valence-corrected chi connectivity index (χ3v) is 3.90. The number of aliphatic carboxylic acids is 1. The summed E-state index contributed by atoms with van der Waals surface area (Å²) in [5, 5.41) is 12.0. The SMILES string of the molecule is CC1CN(C(=O)NC(C)C2CC2)CC1C(=O)O. The highest BCUT2D eigenvalue weighted by molar-refractivity contribution is 5.77. The summed E-state index contributed by atoms with van der Waals surface area (Å²) >= 11 is 0. The number of hydrogen-bond acceptors (Lipinski definition) is 2. The van der Waals surface area contributed by atoms with Gasteiger partial charge in [0.15, 0.2) is 0 Å². The van der Waals surface area contributed by atoms with E-state index in [1.165, 1.54) is 12.8 Å². The standard InChI is InChI=1S/C12H20N2O3/c1-7-5-14(6-10(7)11(15)16)12(17)13-8(2)9-3-4-9/h7-10H,3-6H2,1-2H3,(H,13,17)(H,15,16). The molecule has 0 aromatic rings. The zero-order chi connectivity index (χ0) is 12.6. The predicted molar refractivity (Wildman–Crippen MR) is 62.6 cm³/mol. The molecule has 0 aromatic heterocycles. The average molecular weight is 240 g/mol. The van der Waals surface area contributed by atoms with E-state index in [1.54, 1.807) is 4.90 Å². The van der Waals surface area contributed by atoms with Crippen LogP contribution in [0.2, 0.25) is 0 Å². The fourth-order valence-electron chi connectivity index (χ4n) is 2.45. The third kappa shape index (κ3) is 2.70. The van der Waals surface area contributed by atoms with Crippen LogP contribution in [-0.2, 0) is 4.79 Å². The lowest BCUT2D eigenvalue weighted by Gasteiger charge is -2.20. The van der Waals surface area contributed by atoms with E-state index in [9.17, 15) is 9.59 Å². The van der Waals surface area contributed by atoms with Crippen molar-refractivity contribution >= 4 is 12.0 Å². The van der Waals surface area contributed by atoms with Gasteiger partial charge in [-0.25, -0.2) is 4.79 Å². The lowest BCUT2D eigenvalue weighted by atomic mass is 9.99. The summed E-state index contributed by atoms with van der Waals surface area (Å²) in [5.74, 6) is -0.566. The van der Waals surface area contributed by atoms with Gasteiger partial charge in [-0.1, -0.05) is 6.92 Å². The smallest absolute Gasteiger partial charge is 0.317 e. The molecule has 0 bridgehead atoms. The van der Waals surface area contributed by atoms with E-state index < -0.39 is 11.9 Å². The van der Waals surface area contributed by atoms with Gasteiger partial charge in [-0.15, -0.1) is 0 Å². The number of hydrogen-bond donors (Lipinski definition) is 2. The molecule has 2 rings (SSSR count). The Morgan fingerprint density at radius 1 is 1.35 bits per heavy atom. The summed E-state index contributed by atoms with van der Waals surface area (Å²) in [6.45, 7) is 4.78. The van der Waals surface area contributed by atoms with Gasteiger partial charge in [0.2, 0.25) is 0 Å². The number of carbonyl (C=O) groups is 2. The molecular weight excluding hydrogens is 220 g/mol. The van der Waals surface area contributed by atoms with Crippen LogP contribution < -0.4 is 5.32 Å². The fourth-order valence-corrected chi connectivity index (χ4v) is 2.45. The molecule has 5 heteroatoms. The van der Waals surface area contributed by atoms with Gasteiger partial charge in [0.05, 0.1) is 5.92 Å². The third-order valence-electron chi connectivity index (χ3n) is 3.90. The Hall–Kier alpha value is -1.26. The highest BCUT2D eigenvalue weighted by Gasteiger charge is 2.38. The Morgan fingerprint density at radius 3 is 2.47 bits per heavy atom. The second kappa shape index (κ2) is 4.55. The first-order valence-corrected chi connectivity index (χ1v) is 6.27. The van der Waals surface area contributed by atoms with Crippen molar-refractivity contribution in [3.63, 3.8) is 0 Å². The summed E-state index contributed by atoms with van der Waals surface area (Å²) in [7, 11) is 0. The van der Waals surface area contributed by atoms with Gasteiger partial charge in [-0.05, 0) is 31.6 Å². The molecule has 1 aliphatic carbocycles. The summed E-state index contributed by atoms with van der Waals surface area (Å²) in [6, 6.07) is 0.0988. The molecule has 2 aliphatic rings. The highest BCUT2D eigenvalue weighted by atomic mass is 16.4. The molecule has 96 valence electrons. The van der Waals surface area contributed by atoms with Crippen LogP contribution >= 0.6 is 0 Å². The molecule has 1 heterocycles. The number of urea groups is 1. The summed E-state index contributed by atoms with van der Waals surface area (Å²) in [5.41, 5.74) is 0. The second-order valence-electron chi connectivity index (χ2n) is 5.40. The Bertz CT molecular complexity index is 328. The maximum Gasteiger partial charge on any atom is 0.317 e. The molecule has 0 aromatic carbocycles. The van der Waals surface area contributed by atoms with Crippen LogP contribution in [0.15, 0.2) is 0 Å². The molecule has 1 saturated heterocycles. The van der Waals surface area contributed by atoms with Crippen LogP contribution in [0.3, 0.4) is 0 Å². The van der Waals surface area contributed by atoms with Crippen LogP contribution in [-0.4, -0.2) is 41.1 Å². The summed E-state index contributed by atoms with van der Waals surface area (Å²) in [6.07, 6.45) is 2.38. The van der Waals surface area contributed by atoms with Gasteiger partial charge in [0, 0.05) is 19.1 Å². The molecule has 2 fully saturated rings. The monoisotopic (exact) mass is 240 g/mol. The minimum Gasteiger partial charge on any atom is -0.481 e. The lowest BCUT2D eigenvalue weighted by molar-refractivity contribution is -0.142. The molecule has 1 aliphatic heterocycles. The number of nitrogens with one attached hydrogen (secondary N) is 1. The molecule has 17 heavy (non-hydrogen) atoms. The largest absolute Gasteiger partial charge is 0.481 e. The summed E-state index contributed by atoms with van der Waals surface area (Å²) < 4.78 is 0. The molecule has 5 nitrogen and oxygen atoms in total. The number of nitrogens with zero attached hydrogens (tertiary/aromatic N) is 1. The predicted octanol–water partition coefficient (Wildman–Crippen LogP) is 1.15. The number of rotatable bonds is 3. The van der Waals surface area contributed by atoms with Gasteiger partial charge in [0.25, 0.3) is 0 Å². The number of likely N-dealkylation sites (tertiary alicyclic amines) is 1. The van der Waals surface area contributed by atoms with E-state index in [1.807, 2.05) is 13.8 Å². The van der Waals surface area contributed by atoms with E-state index in [2.05, 4.69) is 5.32 Å². The second-order valence-corrected chi connectivity index (χ2v) is 5.40. The van der Waals surface area contributed by atoms with Crippen molar-refractivity contribution < 1.29 is 14.7 Å². The van der Waals surface area contributed by atoms with Gasteiger partial charge in [0.1, 0.15) is 0 Å². The van der Waals surface area contributed by atoms with Crippen molar-refractivity contribution in [1.29, 1.82) is 0 Å². The van der Waals surface area contributed by atoms with Gasteiger partial charge in [-0.2, -0.15) is 0 Å². The zero-order valence-corrected chi connectivity index (χ0v) is 10.3. The number of carboxylic acid groups (broad SMARTS) is 1. The number of carbonyl (C=O) groups excluding carboxylic acids is 1. The van der Waals surface area contributed by atoms with Crippen molar-refractivity contribution in [3.8, 4) is 0 Å². The van der Waals surface area contributed by atoms with Crippen molar-refractivity contribution in [1.82, 2.24) is 10.2 Å². The van der Waals surface area contributed by atoms with Gasteiger partial charge < -0.3 is 15.3 Å². The van der Waals surface area contributed by atoms with E-state index >= 15 is 0 Å². The lowest BCUT2D eigenvalue weighted by Crippen LogP contribution is -2.43. The highest BCUT2D eigenvalue weighted by Crippen LogP contribution is 2.32. The fraction of sp³-hybridized carbons (Fsp3) is 0.833. The Balaban J connectivity index is 1.86. The average Bonchev–Trinajstić information content (AvgIpc) is 3.01. The number of carboxylic acids is 1. The topological polar surface area (TPSA) is 69.6 Å². The van der Waals surface area contributed by atoms with E-state index in [4.69, 9.17) is 5.11 Å². The first kappa shape index (κ1) is 12.2. The van der Waals surface area contributed by atoms with Crippen molar-refractivity contribution in [2.75, 3.05) is 13.1 Å². The number of amides is 2.